The van der Waals surface area contributed by atoms with Gasteiger partial charge in [0.15, 0.2) is 0 Å². The lowest BCUT2D eigenvalue weighted by molar-refractivity contribution is 1.18. The van der Waals surface area contributed by atoms with Crippen LogP contribution in [0.3, 0.4) is 0 Å². The van der Waals surface area contributed by atoms with E-state index >= 15 is 0 Å². The Hall–Kier alpha value is -5.12. The van der Waals surface area contributed by atoms with Crippen LogP contribution in [0.4, 0.5) is 0 Å². The minimum absolute atomic E-state index is 1.18. The van der Waals surface area contributed by atoms with Crippen molar-refractivity contribution in [3.05, 3.63) is 134 Å². The van der Waals surface area contributed by atoms with E-state index in [2.05, 4.69) is 143 Å². The van der Waals surface area contributed by atoms with Crippen molar-refractivity contribution in [2.45, 2.75) is 0 Å². The highest BCUT2D eigenvalue weighted by Crippen LogP contribution is 2.45. The topological polar surface area (TPSA) is 9.34 Å². The van der Waals surface area contributed by atoms with E-state index in [9.17, 15) is 0 Å². The van der Waals surface area contributed by atoms with Gasteiger partial charge in [-0.25, -0.2) is 0 Å². The number of hydrogen-bond donors (Lipinski definition) is 0. The maximum absolute atomic E-state index is 2.47. The van der Waals surface area contributed by atoms with Crippen molar-refractivity contribution in [1.82, 2.24) is 8.97 Å². The molecule has 10 aromatic rings. The van der Waals surface area contributed by atoms with Crippen LogP contribution in [0, 0.1) is 0 Å². The lowest BCUT2D eigenvalue weighted by atomic mass is 9.99. The lowest BCUT2D eigenvalue weighted by Crippen LogP contribution is -1.94. The summed E-state index contributed by atoms with van der Waals surface area (Å²) in [5, 5.41) is 11.7. The second kappa shape index (κ2) is 7.75. The van der Waals surface area contributed by atoms with Gasteiger partial charge in [0.1, 0.15) is 0 Å². The summed E-state index contributed by atoms with van der Waals surface area (Å²) in [4.78, 5) is 0. The predicted molar refractivity (Wildman–Crippen MR) is 177 cm³/mol. The normalized spacial score (nSPS) is 12.4. The molecule has 4 aromatic heterocycles. The summed E-state index contributed by atoms with van der Waals surface area (Å²) < 4.78 is 7.56. The first-order chi connectivity index (χ1) is 20.3. The highest BCUT2D eigenvalue weighted by Gasteiger charge is 2.20. The first kappa shape index (κ1) is 21.7. The molecule has 0 fully saturated rings. The van der Waals surface area contributed by atoms with Crippen LogP contribution in [-0.4, -0.2) is 8.97 Å². The van der Waals surface area contributed by atoms with Crippen LogP contribution in [-0.2, 0) is 0 Å². The van der Waals surface area contributed by atoms with Gasteiger partial charge in [0.25, 0.3) is 0 Å². The van der Waals surface area contributed by atoms with Gasteiger partial charge in [-0.1, -0.05) is 84.9 Å². The molecule has 190 valence electrons. The zero-order chi connectivity index (χ0) is 26.7. The van der Waals surface area contributed by atoms with Crippen LogP contribution >= 0.6 is 11.3 Å². The number of para-hydroxylation sites is 2. The van der Waals surface area contributed by atoms with Crippen molar-refractivity contribution < 1.29 is 0 Å². The average Bonchev–Trinajstić information content (AvgIpc) is 3.70. The number of rotatable bonds is 1. The highest BCUT2D eigenvalue weighted by molar-refractivity contribution is 7.26. The van der Waals surface area contributed by atoms with Crippen LogP contribution in [0.1, 0.15) is 0 Å². The molecule has 0 saturated carbocycles. The minimum atomic E-state index is 1.18. The molecule has 0 amide bonds. The zero-order valence-corrected chi connectivity index (χ0v) is 22.8. The predicted octanol–water partition coefficient (Wildman–Crippen LogP) is 10.9. The summed E-state index contributed by atoms with van der Waals surface area (Å²) >= 11 is 1.91. The molecule has 3 heteroatoms. The van der Waals surface area contributed by atoms with E-state index in [1.165, 1.54) is 85.6 Å². The Morgan fingerprint density at radius 1 is 0.463 bits per heavy atom. The maximum atomic E-state index is 2.47. The molecular formula is C38H22N2S. The summed E-state index contributed by atoms with van der Waals surface area (Å²) in [5.41, 5.74) is 6.18. The van der Waals surface area contributed by atoms with E-state index < -0.39 is 0 Å². The monoisotopic (exact) mass is 538 g/mol. The Morgan fingerprint density at radius 3 is 2.12 bits per heavy atom. The summed E-state index contributed by atoms with van der Waals surface area (Å²) in [6, 6.07) is 46.8. The minimum Gasteiger partial charge on any atom is -0.315 e. The third-order valence-corrected chi connectivity index (χ3v) is 10.1. The fourth-order valence-corrected chi connectivity index (χ4v) is 8.40. The average molecular weight is 539 g/mol. The number of pyridine rings is 1. The maximum Gasteiger partial charge on any atom is 0.0614 e. The van der Waals surface area contributed by atoms with E-state index in [0.717, 1.165) is 0 Å². The van der Waals surface area contributed by atoms with Gasteiger partial charge in [-0.15, -0.1) is 11.3 Å². The van der Waals surface area contributed by atoms with E-state index in [1.807, 2.05) is 11.3 Å². The van der Waals surface area contributed by atoms with Gasteiger partial charge in [-0.3, -0.25) is 0 Å². The van der Waals surface area contributed by atoms with Gasteiger partial charge < -0.3 is 8.97 Å². The number of nitrogens with zero attached hydrogens (tertiary/aromatic N) is 2. The van der Waals surface area contributed by atoms with Gasteiger partial charge in [0.2, 0.25) is 0 Å². The smallest absolute Gasteiger partial charge is 0.0614 e. The van der Waals surface area contributed by atoms with Crippen molar-refractivity contribution >= 4 is 91.3 Å². The summed E-state index contributed by atoms with van der Waals surface area (Å²) in [7, 11) is 0. The van der Waals surface area contributed by atoms with E-state index in [0.29, 0.717) is 0 Å². The zero-order valence-electron chi connectivity index (χ0n) is 22.0. The SMILES string of the molecule is c1ccc(-n2c3ccccc3c3cc4c(cc32)c2c3ccccc3cn2c2ccc3c5ccccc5sc3c42)cc1. The largest absolute Gasteiger partial charge is 0.315 e. The molecule has 0 N–H and O–H groups in total. The Morgan fingerprint density at radius 2 is 1.22 bits per heavy atom. The lowest BCUT2D eigenvalue weighted by Gasteiger charge is -2.13. The second-order valence-electron chi connectivity index (χ2n) is 11.0. The van der Waals surface area contributed by atoms with Crippen molar-refractivity contribution in [1.29, 1.82) is 0 Å². The quantitative estimate of drug-likeness (QED) is 0.184. The first-order valence-corrected chi connectivity index (χ1v) is 14.8. The molecule has 4 heterocycles. The van der Waals surface area contributed by atoms with Gasteiger partial charge in [-0.05, 0) is 47.9 Å². The summed E-state index contributed by atoms with van der Waals surface area (Å²) in [6.07, 6.45) is 2.32. The Bertz CT molecular complexity index is 2690. The molecule has 0 aliphatic carbocycles. The number of aromatic nitrogens is 2. The van der Waals surface area contributed by atoms with Crippen molar-refractivity contribution in [3.8, 4) is 5.69 Å². The first-order valence-electron chi connectivity index (χ1n) is 14.0. The fraction of sp³-hybridized carbons (Fsp3) is 0. The van der Waals surface area contributed by atoms with Crippen LogP contribution < -0.4 is 0 Å². The molecule has 0 bridgehead atoms. The second-order valence-corrected chi connectivity index (χ2v) is 12.0. The number of benzene rings is 6. The van der Waals surface area contributed by atoms with E-state index in [4.69, 9.17) is 0 Å². The Balaban J connectivity index is 1.52. The Labute approximate surface area is 238 Å². The van der Waals surface area contributed by atoms with Gasteiger partial charge in [0, 0.05) is 64.4 Å². The molecule has 0 aliphatic rings. The van der Waals surface area contributed by atoms with Gasteiger partial charge in [-0.2, -0.15) is 0 Å². The van der Waals surface area contributed by atoms with Gasteiger partial charge >= 0.3 is 0 Å². The van der Waals surface area contributed by atoms with Crippen LogP contribution in [0.15, 0.2) is 134 Å². The number of hydrogen-bond acceptors (Lipinski definition) is 1. The molecular weight excluding hydrogens is 516 g/mol. The molecule has 6 aromatic carbocycles. The van der Waals surface area contributed by atoms with E-state index in [1.54, 1.807) is 0 Å². The van der Waals surface area contributed by atoms with Crippen LogP contribution in [0.2, 0.25) is 0 Å². The summed E-state index contributed by atoms with van der Waals surface area (Å²) in [5.74, 6) is 0. The third-order valence-electron chi connectivity index (χ3n) is 8.86. The third kappa shape index (κ3) is 2.76. The van der Waals surface area contributed by atoms with Crippen molar-refractivity contribution in [3.63, 3.8) is 0 Å². The van der Waals surface area contributed by atoms with Crippen LogP contribution in [0.25, 0.3) is 85.6 Å². The van der Waals surface area contributed by atoms with Crippen molar-refractivity contribution in [2.75, 3.05) is 0 Å². The molecule has 0 radical (unpaired) electrons. The molecule has 0 aliphatic heterocycles. The molecule has 0 unspecified atom stereocenters. The molecule has 41 heavy (non-hydrogen) atoms. The van der Waals surface area contributed by atoms with Gasteiger partial charge in [0.05, 0.1) is 22.1 Å². The molecule has 2 nitrogen and oxygen atoms in total. The number of fused-ring (bicyclic) bond motifs is 15. The fourth-order valence-electron chi connectivity index (χ4n) is 7.14. The van der Waals surface area contributed by atoms with Crippen LogP contribution in [0.5, 0.6) is 0 Å². The summed E-state index contributed by atoms with van der Waals surface area (Å²) in [6.45, 7) is 0. The van der Waals surface area contributed by atoms with Crippen molar-refractivity contribution in [2.24, 2.45) is 0 Å². The van der Waals surface area contributed by atoms with E-state index in [-0.39, 0.29) is 0 Å². The Kier molecular flexibility index (Phi) is 4.10. The molecule has 0 atom stereocenters. The molecule has 0 spiro atoms. The highest BCUT2D eigenvalue weighted by atomic mass is 32.1. The number of thiophene rings is 1. The molecule has 0 saturated heterocycles. The molecule has 10 rings (SSSR count). The standard InChI is InChI=1S/C38H22N2S/c1-2-11-24(12-3-1)40-32-16-8-6-14-26(32)29-20-30-31(21-34(29)40)37-25-13-5-4-10-23(25)22-39(37)33-19-18-28-27-15-7-9-17-35(27)41-38(28)36(30)33/h1-22H.